The number of benzene rings is 2. The number of H-pyrrole nitrogens is 1. The van der Waals surface area contributed by atoms with Gasteiger partial charge in [-0.25, -0.2) is 13.2 Å². The van der Waals surface area contributed by atoms with E-state index in [0.717, 1.165) is 0 Å². The average Bonchev–Trinajstić information content (AvgIpc) is 2.85. The Morgan fingerprint density at radius 1 is 1.22 bits per heavy atom. The molecule has 1 aromatic heterocycles. The van der Waals surface area contributed by atoms with E-state index in [1.54, 1.807) is 37.3 Å². The van der Waals surface area contributed by atoms with Gasteiger partial charge in [0, 0.05) is 12.1 Å². The van der Waals surface area contributed by atoms with Gasteiger partial charge in [-0.05, 0) is 30.7 Å². The zero-order valence-electron chi connectivity index (χ0n) is 12.4. The number of methoxy groups -OCH3 is 1. The Bertz CT molecular complexity index is 1030. The fourth-order valence-electron chi connectivity index (χ4n) is 2.27. The van der Waals surface area contributed by atoms with Gasteiger partial charge in [-0.2, -0.15) is 0 Å². The van der Waals surface area contributed by atoms with E-state index in [-0.39, 0.29) is 10.5 Å². The molecule has 0 amide bonds. The molecule has 120 valence electrons. The Morgan fingerprint density at radius 2 is 2.00 bits per heavy atom. The van der Waals surface area contributed by atoms with Crippen molar-refractivity contribution in [2.24, 2.45) is 0 Å². The van der Waals surface area contributed by atoms with Crippen LogP contribution in [0, 0.1) is 6.92 Å². The molecule has 0 atom stereocenters. The van der Waals surface area contributed by atoms with Crippen LogP contribution in [0.2, 0.25) is 0 Å². The van der Waals surface area contributed by atoms with E-state index in [0.29, 0.717) is 22.5 Å². The van der Waals surface area contributed by atoms with Crippen molar-refractivity contribution in [1.29, 1.82) is 0 Å². The first-order chi connectivity index (χ1) is 10.9. The predicted molar refractivity (Wildman–Crippen MR) is 85.4 cm³/mol. The van der Waals surface area contributed by atoms with Crippen molar-refractivity contribution in [2.45, 2.75) is 11.8 Å². The van der Waals surface area contributed by atoms with Crippen molar-refractivity contribution in [3.63, 3.8) is 0 Å². The number of anilines is 1. The van der Waals surface area contributed by atoms with E-state index < -0.39 is 15.8 Å². The molecule has 3 aromatic rings. The minimum Gasteiger partial charge on any atom is -0.497 e. The van der Waals surface area contributed by atoms with E-state index in [1.807, 2.05) is 0 Å². The minimum atomic E-state index is -3.83. The molecule has 0 saturated carbocycles. The van der Waals surface area contributed by atoms with Crippen LogP contribution in [-0.2, 0) is 10.0 Å². The highest BCUT2D eigenvalue weighted by Gasteiger charge is 2.19. The summed E-state index contributed by atoms with van der Waals surface area (Å²) in [4.78, 5) is 13.7. The summed E-state index contributed by atoms with van der Waals surface area (Å²) in [5.41, 5.74) is 1.50. The van der Waals surface area contributed by atoms with E-state index >= 15 is 0 Å². The molecule has 0 radical (unpaired) electrons. The van der Waals surface area contributed by atoms with Crippen LogP contribution >= 0.6 is 0 Å². The molecule has 8 heteroatoms. The number of ether oxygens (including phenoxy) is 1. The van der Waals surface area contributed by atoms with Gasteiger partial charge >= 0.3 is 5.76 Å². The zero-order valence-corrected chi connectivity index (χ0v) is 13.2. The summed E-state index contributed by atoms with van der Waals surface area (Å²) in [6.45, 7) is 1.64. The molecule has 0 aliphatic rings. The van der Waals surface area contributed by atoms with Crippen LogP contribution < -0.4 is 15.2 Å². The Kier molecular flexibility index (Phi) is 3.61. The van der Waals surface area contributed by atoms with Crippen molar-refractivity contribution >= 4 is 26.8 Å². The normalized spacial score (nSPS) is 11.6. The molecule has 0 unspecified atom stereocenters. The van der Waals surface area contributed by atoms with Gasteiger partial charge in [0.05, 0.1) is 23.2 Å². The third-order valence-corrected chi connectivity index (χ3v) is 4.85. The summed E-state index contributed by atoms with van der Waals surface area (Å²) in [5.74, 6) is -0.0938. The number of hydrogen-bond donors (Lipinski definition) is 2. The van der Waals surface area contributed by atoms with Gasteiger partial charge in [-0.1, -0.05) is 6.07 Å². The Labute approximate surface area is 131 Å². The first kappa shape index (κ1) is 15.2. The predicted octanol–water partition coefficient (Wildman–Crippen LogP) is 2.24. The summed E-state index contributed by atoms with van der Waals surface area (Å²) in [7, 11) is -2.33. The standard InChI is InChI=1S/C15H14N2O5S/c1-9-6-12-13(22-15(18)16-12)8-14(9)23(19,20)17-10-4-3-5-11(7-10)21-2/h3-8,17H,1-2H3,(H,16,18). The lowest BCUT2D eigenvalue weighted by Crippen LogP contribution is -2.14. The molecule has 0 bridgehead atoms. The minimum absolute atomic E-state index is 0.0376. The number of nitrogens with one attached hydrogen (secondary N) is 2. The molecule has 1 heterocycles. The van der Waals surface area contributed by atoms with E-state index in [1.165, 1.54) is 13.2 Å². The second-order valence-corrected chi connectivity index (χ2v) is 6.62. The number of oxazole rings is 1. The van der Waals surface area contributed by atoms with Gasteiger partial charge in [0.25, 0.3) is 10.0 Å². The van der Waals surface area contributed by atoms with Crippen molar-refractivity contribution in [1.82, 2.24) is 4.98 Å². The summed E-state index contributed by atoms with van der Waals surface area (Å²) in [6, 6.07) is 9.46. The van der Waals surface area contributed by atoms with Gasteiger partial charge in [0.15, 0.2) is 5.58 Å². The van der Waals surface area contributed by atoms with Gasteiger partial charge < -0.3 is 9.15 Å². The number of fused-ring (bicyclic) bond motifs is 1. The largest absolute Gasteiger partial charge is 0.497 e. The molecule has 0 saturated heterocycles. The van der Waals surface area contributed by atoms with Gasteiger partial charge in [-0.15, -0.1) is 0 Å². The zero-order chi connectivity index (χ0) is 16.6. The highest BCUT2D eigenvalue weighted by atomic mass is 32.2. The maximum absolute atomic E-state index is 12.6. The molecule has 0 aliphatic heterocycles. The fourth-order valence-corrected chi connectivity index (χ4v) is 3.57. The molecule has 0 aliphatic carbocycles. The van der Waals surface area contributed by atoms with Crippen molar-refractivity contribution in [2.75, 3.05) is 11.8 Å². The lowest BCUT2D eigenvalue weighted by Gasteiger charge is -2.11. The molecule has 3 rings (SSSR count). The van der Waals surface area contributed by atoms with E-state index in [9.17, 15) is 13.2 Å². The second kappa shape index (κ2) is 5.47. The summed E-state index contributed by atoms with van der Waals surface area (Å²) < 4.78 is 37.7. The Morgan fingerprint density at radius 3 is 2.74 bits per heavy atom. The maximum atomic E-state index is 12.6. The highest BCUT2D eigenvalue weighted by molar-refractivity contribution is 7.92. The smallest absolute Gasteiger partial charge is 0.417 e. The molecule has 2 N–H and O–H groups in total. The fraction of sp³-hybridized carbons (Fsp3) is 0.133. The summed E-state index contributed by atoms with van der Waals surface area (Å²) in [6.07, 6.45) is 0. The lowest BCUT2D eigenvalue weighted by atomic mass is 10.2. The summed E-state index contributed by atoms with van der Waals surface area (Å²) in [5, 5.41) is 0. The van der Waals surface area contributed by atoms with Crippen molar-refractivity contribution < 1.29 is 17.6 Å². The number of sulfonamides is 1. The molecular formula is C15H14N2O5S. The number of aromatic nitrogens is 1. The Balaban J connectivity index is 2.04. The van der Waals surface area contributed by atoms with Gasteiger partial charge in [-0.3, -0.25) is 9.71 Å². The Hall–Kier alpha value is -2.74. The number of hydrogen-bond acceptors (Lipinski definition) is 5. The lowest BCUT2D eigenvalue weighted by molar-refractivity contribution is 0.415. The van der Waals surface area contributed by atoms with Crippen LogP contribution in [-0.4, -0.2) is 20.5 Å². The first-order valence-corrected chi connectivity index (χ1v) is 8.18. The van der Waals surface area contributed by atoms with Crippen LogP contribution in [0.1, 0.15) is 5.56 Å². The molecule has 0 fully saturated rings. The monoisotopic (exact) mass is 334 g/mol. The quantitative estimate of drug-likeness (QED) is 0.762. The molecule has 23 heavy (non-hydrogen) atoms. The highest BCUT2D eigenvalue weighted by Crippen LogP contribution is 2.25. The summed E-state index contributed by atoms with van der Waals surface area (Å²) >= 11 is 0. The van der Waals surface area contributed by atoms with Gasteiger partial charge in [0.1, 0.15) is 5.75 Å². The van der Waals surface area contributed by atoms with E-state index in [2.05, 4.69) is 9.71 Å². The third kappa shape index (κ3) is 2.93. The van der Waals surface area contributed by atoms with E-state index in [4.69, 9.17) is 9.15 Å². The number of aryl methyl sites for hydroxylation is 1. The molecule has 7 nitrogen and oxygen atoms in total. The SMILES string of the molecule is COc1cccc(NS(=O)(=O)c2cc3oc(=O)[nH]c3cc2C)c1. The number of aromatic amines is 1. The maximum Gasteiger partial charge on any atom is 0.417 e. The van der Waals surface area contributed by atoms with Crippen LogP contribution in [0.3, 0.4) is 0 Å². The van der Waals surface area contributed by atoms with Crippen molar-refractivity contribution in [3.05, 3.63) is 52.5 Å². The molecular weight excluding hydrogens is 320 g/mol. The van der Waals surface area contributed by atoms with Crippen LogP contribution in [0.15, 0.2) is 50.5 Å². The number of rotatable bonds is 4. The third-order valence-electron chi connectivity index (χ3n) is 3.33. The van der Waals surface area contributed by atoms with Gasteiger partial charge in [0.2, 0.25) is 0 Å². The first-order valence-electron chi connectivity index (χ1n) is 6.69. The molecule has 2 aromatic carbocycles. The molecule has 0 spiro atoms. The second-order valence-electron chi connectivity index (χ2n) is 4.97. The topological polar surface area (TPSA) is 101 Å². The van der Waals surface area contributed by atoms with Crippen LogP contribution in [0.25, 0.3) is 11.1 Å². The van der Waals surface area contributed by atoms with Crippen LogP contribution in [0.4, 0.5) is 5.69 Å². The average molecular weight is 334 g/mol. The van der Waals surface area contributed by atoms with Crippen LogP contribution in [0.5, 0.6) is 5.75 Å². The van der Waals surface area contributed by atoms with Crippen molar-refractivity contribution in [3.8, 4) is 5.75 Å².